The van der Waals surface area contributed by atoms with Crippen LogP contribution in [0.15, 0.2) is 46.5 Å². The monoisotopic (exact) mass is 355 g/mol. The van der Waals surface area contributed by atoms with Crippen LogP contribution in [-0.2, 0) is 11.3 Å². The second-order valence-electron chi connectivity index (χ2n) is 6.11. The third-order valence-corrected chi connectivity index (χ3v) is 5.45. The number of carbonyl (C=O) groups excluding carboxylic acids is 1. The molecule has 1 atom stereocenters. The van der Waals surface area contributed by atoms with E-state index in [2.05, 4.69) is 15.2 Å². The number of aromatic nitrogens is 4. The lowest BCUT2D eigenvalue weighted by Gasteiger charge is -2.20. The van der Waals surface area contributed by atoms with Crippen LogP contribution in [0.4, 0.5) is 0 Å². The Morgan fingerprint density at radius 1 is 1.40 bits per heavy atom. The number of amides is 1. The lowest BCUT2D eigenvalue weighted by Crippen LogP contribution is -2.31. The Kier molecular flexibility index (Phi) is 4.04. The molecule has 128 valence electrons. The average molecular weight is 355 g/mol. The van der Waals surface area contributed by atoms with Crippen molar-refractivity contribution in [2.45, 2.75) is 24.2 Å². The molecule has 1 aromatic carbocycles. The van der Waals surface area contributed by atoms with E-state index in [1.807, 2.05) is 30.3 Å². The zero-order valence-corrected chi connectivity index (χ0v) is 14.5. The van der Waals surface area contributed by atoms with Gasteiger partial charge in [-0.1, -0.05) is 42.1 Å². The summed E-state index contributed by atoms with van der Waals surface area (Å²) in [4.78, 5) is 31.4. The minimum Gasteiger partial charge on any atom is -0.341 e. The number of fused-ring (bicyclic) bond motifs is 2. The van der Waals surface area contributed by atoms with Crippen LogP contribution in [-0.4, -0.2) is 43.4 Å². The molecule has 2 aromatic heterocycles. The molecule has 1 aliphatic heterocycles. The molecule has 0 fully saturated rings. The molecule has 0 radical (unpaired) electrons. The molecule has 4 rings (SSSR count). The van der Waals surface area contributed by atoms with Gasteiger partial charge in [-0.15, -0.1) is 0 Å². The van der Waals surface area contributed by atoms with Gasteiger partial charge in [-0.25, -0.2) is 4.98 Å². The van der Waals surface area contributed by atoms with Crippen molar-refractivity contribution >= 4 is 28.7 Å². The summed E-state index contributed by atoms with van der Waals surface area (Å²) in [6, 6.07) is 9.68. The molecule has 0 saturated heterocycles. The number of hydrogen-bond acceptors (Lipinski definition) is 5. The van der Waals surface area contributed by atoms with E-state index in [0.29, 0.717) is 28.5 Å². The fourth-order valence-corrected chi connectivity index (χ4v) is 4.14. The molecule has 25 heavy (non-hydrogen) atoms. The molecule has 3 heterocycles. The topological polar surface area (TPSA) is 83.9 Å². The van der Waals surface area contributed by atoms with E-state index in [1.165, 1.54) is 18.0 Å². The number of rotatable bonds is 4. The Hall–Kier alpha value is -2.61. The Labute approximate surface area is 148 Å². The Bertz CT molecular complexity index is 982. The number of aromatic amines is 1. The number of H-pyrrole nitrogens is 1. The van der Waals surface area contributed by atoms with Crippen molar-refractivity contribution in [1.82, 2.24) is 24.6 Å². The van der Waals surface area contributed by atoms with Crippen LogP contribution >= 0.6 is 11.8 Å². The van der Waals surface area contributed by atoms with Gasteiger partial charge in [-0.2, -0.15) is 5.10 Å². The smallest absolute Gasteiger partial charge is 0.265 e. The van der Waals surface area contributed by atoms with Crippen molar-refractivity contribution in [2.75, 3.05) is 12.8 Å². The highest BCUT2D eigenvalue weighted by atomic mass is 32.2. The summed E-state index contributed by atoms with van der Waals surface area (Å²) in [5.41, 5.74) is 1.44. The molecule has 0 spiro atoms. The summed E-state index contributed by atoms with van der Waals surface area (Å²) in [5, 5.41) is 7.71. The van der Waals surface area contributed by atoms with Crippen LogP contribution in [0.3, 0.4) is 0 Å². The maximum absolute atomic E-state index is 12.7. The molecule has 0 bridgehead atoms. The van der Waals surface area contributed by atoms with Gasteiger partial charge in [0.1, 0.15) is 5.39 Å². The molecule has 8 heteroatoms. The normalized spacial score (nSPS) is 16.1. The molecule has 0 aliphatic carbocycles. The van der Waals surface area contributed by atoms with E-state index in [0.717, 1.165) is 5.56 Å². The van der Waals surface area contributed by atoms with Gasteiger partial charge in [-0.3, -0.25) is 19.3 Å². The number of nitrogens with zero attached hydrogens (tertiary/aromatic N) is 4. The van der Waals surface area contributed by atoms with Gasteiger partial charge in [0.05, 0.1) is 12.2 Å². The molecular formula is C17H17N5O2S. The molecule has 1 aliphatic rings. The predicted molar refractivity (Wildman–Crippen MR) is 95.4 cm³/mol. The molecule has 3 aromatic rings. The highest BCUT2D eigenvalue weighted by molar-refractivity contribution is 7.99. The van der Waals surface area contributed by atoms with Gasteiger partial charge >= 0.3 is 0 Å². The van der Waals surface area contributed by atoms with Gasteiger partial charge in [0.15, 0.2) is 10.8 Å². The molecule has 7 nitrogen and oxygen atoms in total. The minimum atomic E-state index is -0.176. The van der Waals surface area contributed by atoms with Crippen LogP contribution in [0.2, 0.25) is 0 Å². The first-order chi connectivity index (χ1) is 12.1. The first-order valence-corrected chi connectivity index (χ1v) is 8.98. The SMILES string of the molecule is CN(Cc1ccccc1)C(=O)CC1CSc2nc3[nH]ncc3c(=O)n21. The number of hydrogen-bond donors (Lipinski definition) is 1. The molecule has 0 saturated carbocycles. The third kappa shape index (κ3) is 2.93. The van der Waals surface area contributed by atoms with Crippen molar-refractivity contribution in [1.29, 1.82) is 0 Å². The Morgan fingerprint density at radius 3 is 3.00 bits per heavy atom. The second-order valence-corrected chi connectivity index (χ2v) is 7.09. The predicted octanol–water partition coefficient (Wildman–Crippen LogP) is 1.82. The first-order valence-electron chi connectivity index (χ1n) is 8.00. The van der Waals surface area contributed by atoms with Gasteiger partial charge in [0.2, 0.25) is 5.91 Å². The summed E-state index contributed by atoms with van der Waals surface area (Å²) in [6.45, 7) is 0.556. The standard InChI is InChI=1S/C17H17N5O2S/c1-21(9-11-5-3-2-4-6-11)14(23)7-12-10-25-17-19-15-13(8-18-20-15)16(24)22(12)17/h2-6,8,12H,7,9-10H2,1H3,(H,18,20). The lowest BCUT2D eigenvalue weighted by molar-refractivity contribution is -0.131. The van der Waals surface area contributed by atoms with E-state index >= 15 is 0 Å². The third-order valence-electron chi connectivity index (χ3n) is 4.35. The van der Waals surface area contributed by atoms with E-state index in [9.17, 15) is 9.59 Å². The number of nitrogens with one attached hydrogen (secondary N) is 1. The Balaban J connectivity index is 1.53. The number of carbonyl (C=O) groups is 1. The fraction of sp³-hybridized carbons (Fsp3) is 0.294. The molecule has 1 unspecified atom stereocenters. The largest absolute Gasteiger partial charge is 0.341 e. The lowest BCUT2D eigenvalue weighted by atomic mass is 10.1. The van der Waals surface area contributed by atoms with Gasteiger partial charge < -0.3 is 4.90 Å². The van der Waals surface area contributed by atoms with E-state index < -0.39 is 0 Å². The van der Waals surface area contributed by atoms with Crippen LogP contribution in [0.5, 0.6) is 0 Å². The van der Waals surface area contributed by atoms with Crippen molar-refractivity contribution in [3.8, 4) is 0 Å². The zero-order valence-electron chi connectivity index (χ0n) is 13.7. The number of benzene rings is 1. The zero-order chi connectivity index (χ0) is 17.4. The highest BCUT2D eigenvalue weighted by Gasteiger charge is 2.29. The van der Waals surface area contributed by atoms with Crippen molar-refractivity contribution in [3.63, 3.8) is 0 Å². The van der Waals surface area contributed by atoms with E-state index in [-0.39, 0.29) is 23.9 Å². The van der Waals surface area contributed by atoms with Crippen LogP contribution in [0.25, 0.3) is 11.0 Å². The molecule has 1 amide bonds. The summed E-state index contributed by atoms with van der Waals surface area (Å²) >= 11 is 1.50. The van der Waals surface area contributed by atoms with Crippen LogP contribution in [0, 0.1) is 0 Å². The van der Waals surface area contributed by atoms with Crippen molar-refractivity contribution < 1.29 is 4.79 Å². The van der Waals surface area contributed by atoms with Gasteiger partial charge in [-0.05, 0) is 5.56 Å². The summed E-state index contributed by atoms with van der Waals surface area (Å²) in [7, 11) is 1.79. The van der Waals surface area contributed by atoms with Gasteiger partial charge in [0, 0.05) is 25.8 Å². The van der Waals surface area contributed by atoms with Crippen molar-refractivity contribution in [3.05, 3.63) is 52.4 Å². The summed E-state index contributed by atoms with van der Waals surface area (Å²) in [5.74, 6) is 0.689. The van der Waals surface area contributed by atoms with Crippen LogP contribution < -0.4 is 5.56 Å². The summed E-state index contributed by atoms with van der Waals surface area (Å²) in [6.07, 6.45) is 1.77. The fourth-order valence-electron chi connectivity index (χ4n) is 3.01. The van der Waals surface area contributed by atoms with Crippen molar-refractivity contribution in [2.24, 2.45) is 0 Å². The Morgan fingerprint density at radius 2 is 2.20 bits per heavy atom. The van der Waals surface area contributed by atoms with Gasteiger partial charge in [0.25, 0.3) is 5.56 Å². The maximum Gasteiger partial charge on any atom is 0.265 e. The number of thioether (sulfide) groups is 1. The quantitative estimate of drug-likeness (QED) is 0.722. The molecule has 1 N–H and O–H groups in total. The first kappa shape index (κ1) is 15.9. The van der Waals surface area contributed by atoms with E-state index in [1.54, 1.807) is 16.5 Å². The second kappa shape index (κ2) is 6.36. The average Bonchev–Trinajstić information content (AvgIpc) is 3.23. The van der Waals surface area contributed by atoms with E-state index in [4.69, 9.17) is 0 Å². The summed E-state index contributed by atoms with van der Waals surface area (Å²) < 4.78 is 1.64. The minimum absolute atomic E-state index is 0.0153. The highest BCUT2D eigenvalue weighted by Crippen LogP contribution is 2.33. The van der Waals surface area contributed by atoms with Crippen LogP contribution in [0.1, 0.15) is 18.0 Å². The molecular weight excluding hydrogens is 338 g/mol. The maximum atomic E-state index is 12.7.